The van der Waals surface area contributed by atoms with Crippen molar-refractivity contribution in [3.8, 4) is 5.95 Å². The van der Waals surface area contributed by atoms with Crippen LogP contribution in [0.4, 0.5) is 13.2 Å². The predicted molar refractivity (Wildman–Crippen MR) is 72.9 cm³/mol. The summed E-state index contributed by atoms with van der Waals surface area (Å²) in [6, 6.07) is 1.86. The Bertz CT molecular complexity index is 884. The first-order valence-corrected chi connectivity index (χ1v) is 6.60. The van der Waals surface area contributed by atoms with E-state index in [1.54, 1.807) is 0 Å². The van der Waals surface area contributed by atoms with Crippen LogP contribution in [0, 0.1) is 0 Å². The quantitative estimate of drug-likeness (QED) is 0.721. The van der Waals surface area contributed by atoms with Crippen LogP contribution in [0.5, 0.6) is 0 Å². The SMILES string of the molecule is O=C(O)c1cnn(-c2nc3c(Br)cc(C(F)(F)F)cc3[nH]2)c1. The molecule has 0 unspecified atom stereocenters. The van der Waals surface area contributed by atoms with Gasteiger partial charge in [-0.2, -0.15) is 18.3 Å². The molecule has 0 aliphatic rings. The molecule has 0 saturated heterocycles. The van der Waals surface area contributed by atoms with Gasteiger partial charge < -0.3 is 10.1 Å². The van der Waals surface area contributed by atoms with Crippen molar-refractivity contribution in [2.45, 2.75) is 6.18 Å². The van der Waals surface area contributed by atoms with Gasteiger partial charge in [-0.3, -0.25) is 0 Å². The number of fused-ring (bicyclic) bond motifs is 1. The van der Waals surface area contributed by atoms with Crippen molar-refractivity contribution in [2.75, 3.05) is 0 Å². The number of nitrogens with zero attached hydrogens (tertiary/aromatic N) is 3. The number of aromatic amines is 1. The molecule has 2 heterocycles. The first-order chi connectivity index (χ1) is 10.3. The number of aromatic nitrogens is 4. The van der Waals surface area contributed by atoms with Crippen LogP contribution < -0.4 is 0 Å². The van der Waals surface area contributed by atoms with Gasteiger partial charge in [-0.25, -0.2) is 14.5 Å². The molecule has 2 aromatic heterocycles. The number of hydrogen-bond acceptors (Lipinski definition) is 3. The van der Waals surface area contributed by atoms with Gasteiger partial charge in [0.05, 0.1) is 22.8 Å². The molecule has 0 radical (unpaired) electrons. The number of nitrogens with one attached hydrogen (secondary N) is 1. The molecule has 0 aliphatic carbocycles. The first kappa shape index (κ1) is 14.6. The Morgan fingerprint density at radius 2 is 2.09 bits per heavy atom. The summed E-state index contributed by atoms with van der Waals surface area (Å²) in [7, 11) is 0. The molecule has 3 rings (SSSR count). The van der Waals surface area contributed by atoms with Gasteiger partial charge in [0.15, 0.2) is 0 Å². The zero-order valence-electron chi connectivity index (χ0n) is 10.5. The Morgan fingerprint density at radius 3 is 2.68 bits per heavy atom. The highest BCUT2D eigenvalue weighted by Gasteiger charge is 2.31. The molecule has 0 spiro atoms. The van der Waals surface area contributed by atoms with Crippen molar-refractivity contribution in [3.63, 3.8) is 0 Å². The second-order valence-corrected chi connectivity index (χ2v) is 5.25. The molecule has 2 N–H and O–H groups in total. The fourth-order valence-electron chi connectivity index (χ4n) is 1.88. The summed E-state index contributed by atoms with van der Waals surface area (Å²) < 4.78 is 39.7. The summed E-state index contributed by atoms with van der Waals surface area (Å²) in [4.78, 5) is 17.6. The van der Waals surface area contributed by atoms with Crippen LogP contribution >= 0.6 is 15.9 Å². The van der Waals surface area contributed by atoms with E-state index < -0.39 is 17.7 Å². The molecule has 3 aromatic rings. The topological polar surface area (TPSA) is 83.8 Å². The van der Waals surface area contributed by atoms with Crippen molar-refractivity contribution in [2.24, 2.45) is 0 Å². The van der Waals surface area contributed by atoms with Crippen molar-refractivity contribution >= 4 is 32.9 Å². The largest absolute Gasteiger partial charge is 0.478 e. The van der Waals surface area contributed by atoms with Crippen LogP contribution in [0.25, 0.3) is 17.0 Å². The molecular weight excluding hydrogens is 369 g/mol. The lowest BCUT2D eigenvalue weighted by Gasteiger charge is -2.06. The zero-order valence-corrected chi connectivity index (χ0v) is 12.1. The van der Waals surface area contributed by atoms with Gasteiger partial charge in [0, 0.05) is 10.7 Å². The Morgan fingerprint density at radius 1 is 1.36 bits per heavy atom. The third-order valence-corrected chi connectivity index (χ3v) is 3.51. The third kappa shape index (κ3) is 2.45. The minimum Gasteiger partial charge on any atom is -0.478 e. The number of carboxylic acids is 1. The number of alkyl halides is 3. The van der Waals surface area contributed by atoms with Gasteiger partial charge in [-0.15, -0.1) is 0 Å². The molecule has 1 aromatic carbocycles. The number of aromatic carboxylic acids is 1. The molecule has 0 atom stereocenters. The number of hydrogen-bond donors (Lipinski definition) is 2. The smallest absolute Gasteiger partial charge is 0.416 e. The maximum absolute atomic E-state index is 12.8. The number of carbonyl (C=O) groups is 1. The second kappa shape index (κ2) is 4.83. The second-order valence-electron chi connectivity index (χ2n) is 4.39. The van der Waals surface area contributed by atoms with Crippen LogP contribution in [0.15, 0.2) is 29.0 Å². The van der Waals surface area contributed by atoms with Gasteiger partial charge >= 0.3 is 12.1 Å². The normalized spacial score (nSPS) is 12.0. The van der Waals surface area contributed by atoms with Gasteiger partial charge in [-0.05, 0) is 28.1 Å². The summed E-state index contributed by atoms with van der Waals surface area (Å²) in [6.07, 6.45) is -2.16. The lowest BCUT2D eigenvalue weighted by atomic mass is 10.2. The lowest BCUT2D eigenvalue weighted by Crippen LogP contribution is -2.04. The van der Waals surface area contributed by atoms with Crippen LogP contribution in [-0.4, -0.2) is 30.8 Å². The van der Waals surface area contributed by atoms with E-state index in [-0.39, 0.29) is 27.0 Å². The van der Waals surface area contributed by atoms with E-state index in [2.05, 4.69) is 31.0 Å². The van der Waals surface area contributed by atoms with Crippen molar-refractivity contribution < 1.29 is 23.1 Å². The lowest BCUT2D eigenvalue weighted by molar-refractivity contribution is -0.137. The van der Waals surface area contributed by atoms with E-state index in [1.807, 2.05) is 0 Å². The molecular formula is C12H6BrF3N4O2. The minimum atomic E-state index is -4.48. The van der Waals surface area contributed by atoms with Crippen LogP contribution in [0.1, 0.15) is 15.9 Å². The number of rotatable bonds is 2. The highest BCUT2D eigenvalue weighted by Crippen LogP contribution is 2.34. The highest BCUT2D eigenvalue weighted by atomic mass is 79.9. The van der Waals surface area contributed by atoms with Gasteiger partial charge in [0.1, 0.15) is 5.52 Å². The molecule has 0 amide bonds. The summed E-state index contributed by atoms with van der Waals surface area (Å²) in [5.41, 5.74) is -0.441. The van der Waals surface area contributed by atoms with E-state index in [9.17, 15) is 18.0 Å². The Balaban J connectivity index is 2.13. The summed E-state index contributed by atoms with van der Waals surface area (Å²) in [5.74, 6) is -1.05. The van der Waals surface area contributed by atoms with Crippen molar-refractivity contribution in [1.29, 1.82) is 0 Å². The third-order valence-electron chi connectivity index (χ3n) is 2.90. The maximum atomic E-state index is 12.8. The molecule has 0 saturated carbocycles. The van der Waals surface area contributed by atoms with Crippen molar-refractivity contribution in [1.82, 2.24) is 19.7 Å². The molecule has 6 nitrogen and oxygen atoms in total. The average Bonchev–Trinajstić information content (AvgIpc) is 3.03. The zero-order chi connectivity index (χ0) is 16.1. The van der Waals surface area contributed by atoms with Crippen molar-refractivity contribution in [3.05, 3.63) is 40.1 Å². The molecule has 0 aliphatic heterocycles. The number of carboxylic acid groups (broad SMARTS) is 1. The van der Waals surface area contributed by atoms with E-state index in [0.29, 0.717) is 0 Å². The van der Waals surface area contributed by atoms with E-state index in [4.69, 9.17) is 5.11 Å². The maximum Gasteiger partial charge on any atom is 0.416 e. The van der Waals surface area contributed by atoms with Gasteiger partial charge in [-0.1, -0.05) is 0 Å². The summed E-state index contributed by atoms with van der Waals surface area (Å²) >= 11 is 3.05. The standard InChI is InChI=1S/C12H6BrF3N4O2/c13-7-1-6(12(14,15)16)2-8-9(7)19-11(18-8)20-4-5(3-17-20)10(21)22/h1-4H,(H,18,19)(H,21,22). The van der Waals surface area contributed by atoms with Gasteiger partial charge in [0.2, 0.25) is 5.95 Å². The Hall–Kier alpha value is -2.36. The number of H-pyrrole nitrogens is 1. The molecule has 10 heteroatoms. The first-order valence-electron chi connectivity index (χ1n) is 5.80. The Kier molecular flexibility index (Phi) is 3.20. The summed E-state index contributed by atoms with van der Waals surface area (Å²) in [6.45, 7) is 0. The van der Waals surface area contributed by atoms with Crippen LogP contribution in [0.3, 0.4) is 0 Å². The van der Waals surface area contributed by atoms with E-state index >= 15 is 0 Å². The fraction of sp³-hybridized carbons (Fsp3) is 0.0833. The number of benzene rings is 1. The van der Waals surface area contributed by atoms with E-state index in [0.717, 1.165) is 23.0 Å². The average molecular weight is 375 g/mol. The van der Waals surface area contributed by atoms with Crippen LogP contribution in [0.2, 0.25) is 0 Å². The highest BCUT2D eigenvalue weighted by molar-refractivity contribution is 9.10. The summed E-state index contributed by atoms with van der Waals surface area (Å²) in [5, 5.41) is 12.6. The molecule has 0 fully saturated rings. The monoisotopic (exact) mass is 374 g/mol. The minimum absolute atomic E-state index is 0.0597. The predicted octanol–water partition coefficient (Wildman–Crippen LogP) is 3.23. The molecule has 114 valence electrons. The van der Waals surface area contributed by atoms with Gasteiger partial charge in [0.25, 0.3) is 0 Å². The fourth-order valence-corrected chi connectivity index (χ4v) is 2.43. The van der Waals surface area contributed by atoms with E-state index in [1.165, 1.54) is 6.20 Å². The van der Waals surface area contributed by atoms with Crippen LogP contribution in [-0.2, 0) is 6.18 Å². The molecule has 22 heavy (non-hydrogen) atoms. The Labute approximate surface area is 128 Å². The number of halogens is 4. The number of imidazole rings is 1. The molecule has 0 bridgehead atoms.